The van der Waals surface area contributed by atoms with Crippen molar-refractivity contribution in [1.29, 1.82) is 0 Å². The molecule has 1 aliphatic heterocycles. The molecule has 2 aromatic heterocycles. The fraction of sp³-hybridized carbons (Fsp3) is 0.0167. The molecule has 64 heavy (non-hydrogen) atoms. The fourth-order valence-corrected chi connectivity index (χ4v) is 10.3. The van der Waals surface area contributed by atoms with Crippen LogP contribution in [0, 0.1) is 0 Å². The molecule has 300 valence electrons. The van der Waals surface area contributed by atoms with Gasteiger partial charge in [-0.2, -0.15) is 0 Å². The van der Waals surface area contributed by atoms with E-state index in [0.717, 1.165) is 56.2 Å². The predicted molar refractivity (Wildman–Crippen MR) is 259 cm³/mol. The third-order valence-electron chi connectivity index (χ3n) is 13.1. The van der Waals surface area contributed by atoms with Crippen LogP contribution < -0.4 is 9.47 Å². The van der Waals surface area contributed by atoms with Gasteiger partial charge in [-0.25, -0.2) is 4.98 Å². The van der Waals surface area contributed by atoms with Crippen LogP contribution in [-0.2, 0) is 5.41 Å². The van der Waals surface area contributed by atoms with E-state index in [1.807, 2.05) is 6.07 Å². The van der Waals surface area contributed by atoms with Crippen molar-refractivity contribution in [2.24, 2.45) is 0 Å². The summed E-state index contributed by atoms with van der Waals surface area (Å²) in [6.07, 6.45) is 0. The summed E-state index contributed by atoms with van der Waals surface area (Å²) in [6, 6.07) is 81.7. The van der Waals surface area contributed by atoms with Crippen LogP contribution in [-0.4, -0.2) is 9.55 Å². The number of hydrogen-bond acceptors (Lipinski definition) is 3. The normalized spacial score (nSPS) is 13.1. The van der Waals surface area contributed by atoms with Crippen molar-refractivity contribution in [2.75, 3.05) is 0 Å². The van der Waals surface area contributed by atoms with Gasteiger partial charge >= 0.3 is 0 Å². The largest absolute Gasteiger partial charge is 0.449 e. The number of fused-ring (bicyclic) bond motifs is 9. The minimum absolute atomic E-state index is 0.547. The average molecular weight is 819 g/mol. The molecule has 3 heterocycles. The highest BCUT2D eigenvalue weighted by Crippen LogP contribution is 2.62. The first-order valence-corrected chi connectivity index (χ1v) is 21.8. The van der Waals surface area contributed by atoms with Crippen molar-refractivity contribution in [3.8, 4) is 73.5 Å². The summed E-state index contributed by atoms with van der Waals surface area (Å²) in [6.45, 7) is 0. The summed E-state index contributed by atoms with van der Waals surface area (Å²) in [5, 5.41) is 2.49. The van der Waals surface area contributed by atoms with Crippen molar-refractivity contribution in [2.45, 2.75) is 5.41 Å². The Kier molecular flexibility index (Phi) is 8.09. The molecule has 0 fully saturated rings. The van der Waals surface area contributed by atoms with E-state index in [2.05, 4.69) is 229 Å². The van der Waals surface area contributed by atoms with E-state index in [0.29, 0.717) is 17.2 Å². The van der Waals surface area contributed by atoms with Crippen LogP contribution in [0.25, 0.3) is 72.3 Å². The lowest BCUT2D eigenvalue weighted by Gasteiger charge is -2.34. The van der Waals surface area contributed by atoms with Crippen LogP contribution in [0.3, 0.4) is 0 Å². The lowest BCUT2D eigenvalue weighted by atomic mass is 9.68. The van der Waals surface area contributed by atoms with E-state index < -0.39 is 5.41 Å². The Balaban J connectivity index is 0.923. The molecule has 13 rings (SSSR count). The van der Waals surface area contributed by atoms with Gasteiger partial charge in [-0.1, -0.05) is 170 Å². The third-order valence-corrected chi connectivity index (χ3v) is 13.1. The Morgan fingerprint density at radius 2 is 0.938 bits per heavy atom. The summed E-state index contributed by atoms with van der Waals surface area (Å²) in [5.74, 6) is 2.73. The van der Waals surface area contributed by atoms with E-state index in [9.17, 15) is 0 Å². The number of rotatable bonds is 6. The lowest BCUT2D eigenvalue weighted by Crippen LogP contribution is -2.28. The van der Waals surface area contributed by atoms with Crippen LogP contribution in [0.4, 0.5) is 0 Å². The summed E-state index contributed by atoms with van der Waals surface area (Å²) < 4.78 is 16.2. The Hall–Kier alpha value is -8.47. The van der Waals surface area contributed by atoms with Gasteiger partial charge in [0.05, 0.1) is 27.8 Å². The minimum Gasteiger partial charge on any atom is -0.449 e. The van der Waals surface area contributed by atoms with Gasteiger partial charge in [-0.15, -0.1) is 0 Å². The zero-order valence-corrected chi connectivity index (χ0v) is 34.7. The first kappa shape index (κ1) is 36.2. The highest BCUT2D eigenvalue weighted by atomic mass is 16.6. The van der Waals surface area contributed by atoms with Crippen LogP contribution in [0.15, 0.2) is 231 Å². The smallest absolute Gasteiger partial charge is 0.178 e. The van der Waals surface area contributed by atoms with Crippen molar-refractivity contribution in [3.63, 3.8) is 0 Å². The molecule has 0 bridgehead atoms. The monoisotopic (exact) mass is 818 g/mol. The van der Waals surface area contributed by atoms with Gasteiger partial charge in [-0.3, -0.25) is 0 Å². The summed E-state index contributed by atoms with van der Waals surface area (Å²) in [4.78, 5) is 5.36. The van der Waals surface area contributed by atoms with Crippen LogP contribution in [0.1, 0.15) is 22.3 Å². The molecule has 4 heteroatoms. The zero-order chi connectivity index (χ0) is 42.2. The third kappa shape index (κ3) is 5.46. The molecule has 1 aliphatic carbocycles. The molecule has 0 N–H and O–H groups in total. The number of pyridine rings is 1. The van der Waals surface area contributed by atoms with Crippen molar-refractivity contribution >= 4 is 21.8 Å². The molecule has 2 aliphatic rings. The highest BCUT2D eigenvalue weighted by molar-refractivity contribution is 6.09. The quantitative estimate of drug-likeness (QED) is 0.168. The zero-order valence-electron chi connectivity index (χ0n) is 34.7. The van der Waals surface area contributed by atoms with Crippen LogP contribution in [0.5, 0.6) is 23.0 Å². The molecule has 0 saturated carbocycles. The second-order valence-corrected chi connectivity index (χ2v) is 16.6. The van der Waals surface area contributed by atoms with Crippen LogP contribution in [0.2, 0.25) is 0 Å². The maximum Gasteiger partial charge on any atom is 0.178 e. The maximum atomic E-state index is 7.09. The molecule has 11 aromatic rings. The van der Waals surface area contributed by atoms with Gasteiger partial charge in [0.2, 0.25) is 0 Å². The van der Waals surface area contributed by atoms with E-state index in [1.165, 1.54) is 44.1 Å². The lowest BCUT2D eigenvalue weighted by molar-refractivity contribution is 0.360. The Bertz CT molecular complexity index is 3500. The highest BCUT2D eigenvalue weighted by Gasteiger charge is 2.48. The van der Waals surface area contributed by atoms with E-state index in [-0.39, 0.29) is 0 Å². The van der Waals surface area contributed by atoms with Gasteiger partial charge in [0.15, 0.2) is 23.0 Å². The SMILES string of the molecule is c1ccc(-c2cc(-c3ccc(-n4c5ccccc5c5ccccc54)cc3)nc(-c3ccc4c(c3)Oc3c(ccc5c3-c3ccccc3C5(c3ccccc3)c3ccccc3)O4)c2)cc1. The second kappa shape index (κ2) is 14.3. The van der Waals surface area contributed by atoms with Crippen molar-refractivity contribution < 1.29 is 9.47 Å². The molecular formula is C60H38N2O2. The first-order chi connectivity index (χ1) is 31.7. The fourth-order valence-electron chi connectivity index (χ4n) is 10.3. The molecule has 9 aromatic carbocycles. The van der Waals surface area contributed by atoms with E-state index >= 15 is 0 Å². The molecule has 0 atom stereocenters. The minimum atomic E-state index is -0.547. The average Bonchev–Trinajstić information content (AvgIpc) is 3.87. The summed E-state index contributed by atoms with van der Waals surface area (Å²) >= 11 is 0. The molecule has 0 amide bonds. The molecule has 4 nitrogen and oxygen atoms in total. The Morgan fingerprint density at radius 3 is 1.62 bits per heavy atom. The number of para-hydroxylation sites is 2. The first-order valence-electron chi connectivity index (χ1n) is 21.8. The number of benzene rings is 9. The predicted octanol–water partition coefficient (Wildman–Crippen LogP) is 15.4. The second-order valence-electron chi connectivity index (χ2n) is 16.6. The summed E-state index contributed by atoms with van der Waals surface area (Å²) in [7, 11) is 0. The number of ether oxygens (including phenoxy) is 2. The maximum absolute atomic E-state index is 7.09. The van der Waals surface area contributed by atoms with Crippen molar-refractivity contribution in [3.05, 3.63) is 253 Å². The molecule has 0 unspecified atom stereocenters. The van der Waals surface area contributed by atoms with E-state index in [4.69, 9.17) is 14.5 Å². The number of hydrogen-bond donors (Lipinski definition) is 0. The van der Waals surface area contributed by atoms with Gasteiger partial charge in [-0.05, 0) is 99.6 Å². The Labute approximate surface area is 370 Å². The molecule has 0 radical (unpaired) electrons. The summed E-state index contributed by atoms with van der Waals surface area (Å²) in [5.41, 5.74) is 15.8. The standard InChI is InChI=1S/C60H38N2O2/c1-4-16-39(17-5-1)42-36-51(40-28-31-45(32-29-40)62-53-26-14-11-22-46(53)47-23-12-15-27-54(47)62)61-52(37-42)41-30-34-55-57(38-41)64-59-56(63-55)35-33-50-58(59)48-24-10-13-25-49(48)60(50,43-18-6-2-7-19-43)44-20-8-3-9-21-44/h1-38H. The van der Waals surface area contributed by atoms with Gasteiger partial charge in [0, 0.05) is 33.2 Å². The van der Waals surface area contributed by atoms with E-state index in [1.54, 1.807) is 0 Å². The number of aromatic nitrogens is 2. The van der Waals surface area contributed by atoms with Crippen molar-refractivity contribution in [1.82, 2.24) is 9.55 Å². The molecule has 0 spiro atoms. The number of nitrogens with zero attached hydrogens (tertiary/aromatic N) is 2. The molecular weight excluding hydrogens is 781 g/mol. The molecule has 0 saturated heterocycles. The van der Waals surface area contributed by atoms with Gasteiger partial charge in [0.25, 0.3) is 0 Å². The Morgan fingerprint density at radius 1 is 0.375 bits per heavy atom. The van der Waals surface area contributed by atoms with Crippen LogP contribution >= 0.6 is 0 Å². The topological polar surface area (TPSA) is 36.3 Å². The van der Waals surface area contributed by atoms with Gasteiger partial charge < -0.3 is 14.0 Å². The van der Waals surface area contributed by atoms with Gasteiger partial charge in [0.1, 0.15) is 0 Å².